The Morgan fingerprint density at radius 1 is 1.12 bits per heavy atom. The third kappa shape index (κ3) is 4.71. The van der Waals surface area contributed by atoms with Gasteiger partial charge in [0.2, 0.25) is 12.7 Å². The molecule has 1 radical (unpaired) electrons. The molecule has 2 aromatic rings. The number of carbonyl (C=O) groups excluding carboxylic acids is 1. The van der Waals surface area contributed by atoms with E-state index in [1.165, 1.54) is 0 Å². The summed E-state index contributed by atoms with van der Waals surface area (Å²) in [7, 11) is 3.53. The van der Waals surface area contributed by atoms with Crippen molar-refractivity contribution < 1.29 is 78.4 Å². The van der Waals surface area contributed by atoms with Crippen LogP contribution in [-0.2, 0) is 17.6 Å². The molecule has 4 aliphatic rings. The van der Waals surface area contributed by atoms with E-state index < -0.39 is 12.3 Å². The second kappa shape index (κ2) is 11.4. The van der Waals surface area contributed by atoms with Gasteiger partial charge in [-0.3, -0.25) is 14.6 Å². The van der Waals surface area contributed by atoms with Crippen LogP contribution in [0, 0.1) is 63.8 Å². The van der Waals surface area contributed by atoms with Gasteiger partial charge in [-0.05, 0) is 50.8 Å². The molecule has 41 heavy (non-hydrogen) atoms. The number of aliphatic hydroxyl groups excluding tert-OH is 1. The van der Waals surface area contributed by atoms with Crippen LogP contribution < -0.4 is 19.5 Å². The quantitative estimate of drug-likeness (QED) is 0.363. The number of piperazine rings is 1. The van der Waals surface area contributed by atoms with Crippen LogP contribution in [0.2, 0.25) is 0 Å². The largest absolute Gasteiger partial charge is 0.507 e. The van der Waals surface area contributed by atoms with Crippen molar-refractivity contribution in [1.82, 2.24) is 15.1 Å². The summed E-state index contributed by atoms with van der Waals surface area (Å²) in [5.41, 5.74) is 4.68. The Balaban J connectivity index is 0.00000337. The number of fused-ring (bicyclic) bond motifs is 9. The maximum absolute atomic E-state index is 12.8. The SMILES string of the molecule is COc1c(C)cc2c(c1O)C1C3Cc4c(O)c(C)c5c(c4[C@H](CNC(=O)CC(C)C)N3[C@@H](O)[C@H](C2)N1C)OCO5.[Ac]. The number of hydrogen-bond donors (Lipinski definition) is 4. The third-order valence-electron chi connectivity index (χ3n) is 9.21. The van der Waals surface area contributed by atoms with Crippen molar-refractivity contribution in [2.24, 2.45) is 5.92 Å². The topological polar surface area (TPSA) is 124 Å². The molecule has 4 N–H and O–H groups in total. The molecule has 0 saturated carbocycles. The van der Waals surface area contributed by atoms with Gasteiger partial charge in [-0.2, -0.15) is 0 Å². The van der Waals surface area contributed by atoms with Crippen LogP contribution in [0.25, 0.3) is 0 Å². The fraction of sp³-hybridized carbons (Fsp3) is 0.567. The number of carbonyl (C=O) groups is 1. The van der Waals surface area contributed by atoms with Crippen LogP contribution in [0.3, 0.4) is 0 Å². The number of aryl methyl sites for hydroxylation is 1. The Morgan fingerprint density at radius 2 is 1.83 bits per heavy atom. The second-order valence-corrected chi connectivity index (χ2v) is 12.0. The molecule has 2 unspecified atom stereocenters. The van der Waals surface area contributed by atoms with E-state index >= 15 is 0 Å². The average molecular weight is 781 g/mol. The van der Waals surface area contributed by atoms with Gasteiger partial charge >= 0.3 is 0 Å². The predicted octanol–water partition coefficient (Wildman–Crippen LogP) is 2.81. The smallest absolute Gasteiger partial charge is 0.231 e. The molecule has 5 atom stereocenters. The number of phenolic OH excluding ortho intramolecular Hbond substituents is 2. The summed E-state index contributed by atoms with van der Waals surface area (Å²) in [6.45, 7) is 7.97. The molecule has 0 aliphatic carbocycles. The van der Waals surface area contributed by atoms with Crippen LogP contribution in [0.4, 0.5) is 0 Å². The number of aromatic hydroxyl groups is 2. The summed E-state index contributed by atoms with van der Waals surface area (Å²) < 4.78 is 17.3. The molecule has 11 heteroatoms. The van der Waals surface area contributed by atoms with E-state index in [0.29, 0.717) is 42.1 Å². The molecule has 0 aromatic heterocycles. The molecule has 1 fully saturated rings. The van der Waals surface area contributed by atoms with Crippen molar-refractivity contribution in [2.45, 2.75) is 77.4 Å². The molecule has 1 saturated heterocycles. The summed E-state index contributed by atoms with van der Waals surface area (Å²) in [5, 5.41) is 38.0. The Morgan fingerprint density at radius 3 is 2.51 bits per heavy atom. The normalized spacial score (nSPS) is 26.1. The first-order valence-corrected chi connectivity index (χ1v) is 14.0. The predicted molar refractivity (Wildman–Crippen MR) is 147 cm³/mol. The number of methoxy groups -OCH3 is 1. The average Bonchev–Trinajstić information content (AvgIpc) is 3.38. The van der Waals surface area contributed by atoms with Gasteiger partial charge in [0, 0.05) is 85.3 Å². The zero-order valence-electron chi connectivity index (χ0n) is 24.5. The van der Waals surface area contributed by atoms with Crippen LogP contribution in [-0.4, -0.2) is 76.8 Å². The van der Waals surface area contributed by atoms with E-state index in [1.807, 2.05) is 40.8 Å². The van der Waals surface area contributed by atoms with Crippen molar-refractivity contribution in [3.63, 3.8) is 0 Å². The molecule has 4 heterocycles. The van der Waals surface area contributed by atoms with E-state index in [9.17, 15) is 20.1 Å². The Labute approximate surface area is 276 Å². The number of ether oxygens (including phenoxy) is 3. The van der Waals surface area contributed by atoms with Gasteiger partial charge in [0.1, 0.15) is 12.0 Å². The van der Waals surface area contributed by atoms with Crippen molar-refractivity contribution in [2.75, 3.05) is 27.5 Å². The Kier molecular flexibility index (Phi) is 8.52. The number of likely N-dealkylation sites (N-methyl/N-ethyl adjacent to an activating group) is 1. The third-order valence-corrected chi connectivity index (χ3v) is 9.21. The van der Waals surface area contributed by atoms with Gasteiger partial charge in [-0.25, -0.2) is 0 Å². The number of amides is 1. The van der Waals surface area contributed by atoms with Gasteiger partial charge < -0.3 is 34.8 Å². The number of nitrogens with zero attached hydrogens (tertiary/aromatic N) is 2. The van der Waals surface area contributed by atoms with Crippen molar-refractivity contribution >= 4 is 5.91 Å². The number of phenols is 2. The summed E-state index contributed by atoms with van der Waals surface area (Å²) in [6.07, 6.45) is 0.464. The van der Waals surface area contributed by atoms with E-state index in [1.54, 1.807) is 7.11 Å². The summed E-state index contributed by atoms with van der Waals surface area (Å²) in [4.78, 5) is 17.0. The molecule has 2 bridgehead atoms. The molecule has 10 nitrogen and oxygen atoms in total. The maximum Gasteiger partial charge on any atom is 0.231 e. The van der Waals surface area contributed by atoms with Gasteiger partial charge in [0.05, 0.1) is 25.2 Å². The molecule has 6 rings (SSSR count). The summed E-state index contributed by atoms with van der Waals surface area (Å²) in [6, 6.07) is 0.693. The number of benzene rings is 2. The van der Waals surface area contributed by atoms with Crippen LogP contribution in [0.5, 0.6) is 28.7 Å². The molecular weight excluding hydrogens is 741 g/mol. The van der Waals surface area contributed by atoms with Crippen molar-refractivity contribution in [3.05, 3.63) is 39.4 Å². The monoisotopic (exact) mass is 780 g/mol. The van der Waals surface area contributed by atoms with Gasteiger partial charge in [-0.1, -0.05) is 19.9 Å². The second-order valence-electron chi connectivity index (χ2n) is 12.0. The fourth-order valence-electron chi connectivity index (χ4n) is 7.51. The number of rotatable bonds is 5. The maximum atomic E-state index is 12.8. The summed E-state index contributed by atoms with van der Waals surface area (Å²) in [5.74, 6) is 1.88. The van der Waals surface area contributed by atoms with Gasteiger partial charge in [-0.15, -0.1) is 0 Å². The molecular formula is C30H39AcN3O7. The molecule has 0 spiro atoms. The standard InChI is InChI=1S/C30H39N3O7.Ac/c1-13(2)7-21(34)31-11-20-23-17(25(35)15(4)28-29(23)40-12-39-28)10-18-24-22-16(8-14(3)27(38-6)26(22)36)9-19(32(24)5)30(37)33(18)20;/h8,13,18-20,24,30,35-37H,7,9-12H2,1-6H3,(H,31,34);/t18?,19-,20-,24?,30-;/m0./s1. The zero-order chi connectivity index (χ0) is 28.6. The molecule has 4 aliphatic heterocycles. The number of nitrogens with one attached hydrogen (secondary N) is 1. The van der Waals surface area contributed by atoms with E-state index in [2.05, 4.69) is 15.1 Å². The minimum absolute atomic E-state index is 0. The Bertz CT molecular complexity index is 1380. The van der Waals surface area contributed by atoms with E-state index in [4.69, 9.17) is 14.2 Å². The minimum atomic E-state index is -0.870. The van der Waals surface area contributed by atoms with Crippen molar-refractivity contribution in [3.8, 4) is 28.7 Å². The molecule has 219 valence electrons. The molecule has 1 amide bonds. The summed E-state index contributed by atoms with van der Waals surface area (Å²) >= 11 is 0. The van der Waals surface area contributed by atoms with Gasteiger partial charge in [0.15, 0.2) is 23.0 Å². The zero-order valence-corrected chi connectivity index (χ0v) is 29.3. The number of hydrogen-bond acceptors (Lipinski definition) is 9. The Hall–Kier alpha value is -1.77. The molecule has 2 aromatic carbocycles. The van der Waals surface area contributed by atoms with E-state index in [0.717, 1.165) is 27.8 Å². The first kappa shape index (κ1) is 30.7. The van der Waals surface area contributed by atoms with Crippen LogP contribution in [0.15, 0.2) is 6.07 Å². The van der Waals surface area contributed by atoms with E-state index in [-0.39, 0.29) is 98.8 Å². The van der Waals surface area contributed by atoms with Crippen LogP contribution in [0.1, 0.15) is 65.7 Å². The van der Waals surface area contributed by atoms with Gasteiger partial charge in [0.25, 0.3) is 0 Å². The fourth-order valence-corrected chi connectivity index (χ4v) is 7.51. The van der Waals surface area contributed by atoms with Crippen molar-refractivity contribution in [1.29, 1.82) is 0 Å². The first-order chi connectivity index (χ1) is 19.0. The van der Waals surface area contributed by atoms with Crippen LogP contribution >= 0.6 is 0 Å². The minimum Gasteiger partial charge on any atom is -0.507 e. The first-order valence-electron chi connectivity index (χ1n) is 14.0. The number of aliphatic hydroxyl groups is 1.